The molecule has 4 bridgehead atoms. The molecule has 2 aliphatic heterocycles. The molecule has 4 aromatic rings. The third-order valence-electron chi connectivity index (χ3n) is 15.2. The zero-order valence-electron chi connectivity index (χ0n) is 34.2. The summed E-state index contributed by atoms with van der Waals surface area (Å²) in [5, 5.41) is 0. The first-order valence-corrected chi connectivity index (χ1v) is 21.0. The molecule has 53 heavy (non-hydrogen) atoms. The predicted molar refractivity (Wildman–Crippen MR) is 225 cm³/mol. The average Bonchev–Trinajstić information content (AvgIpc) is 3.08. The molecule has 0 unspecified atom stereocenters. The van der Waals surface area contributed by atoms with Gasteiger partial charge in [-0.2, -0.15) is 0 Å². The van der Waals surface area contributed by atoms with Crippen LogP contribution in [0.3, 0.4) is 0 Å². The van der Waals surface area contributed by atoms with E-state index in [1.165, 1.54) is 107 Å². The van der Waals surface area contributed by atoms with Crippen LogP contribution in [0.15, 0.2) is 66.7 Å². The van der Waals surface area contributed by atoms with Gasteiger partial charge in [0.15, 0.2) is 0 Å². The van der Waals surface area contributed by atoms with Gasteiger partial charge in [0.1, 0.15) is 11.5 Å². The minimum absolute atomic E-state index is 0.0154. The zero-order valence-corrected chi connectivity index (χ0v) is 34.2. The second-order valence-electron chi connectivity index (χ2n) is 22.0. The topological polar surface area (TPSA) is 12.5 Å². The maximum atomic E-state index is 7.14. The van der Waals surface area contributed by atoms with Crippen LogP contribution in [0.25, 0.3) is 0 Å². The summed E-state index contributed by atoms with van der Waals surface area (Å²) in [4.78, 5) is 2.72. The lowest BCUT2D eigenvalue weighted by atomic mass is 9.33. The molecular weight excluding hydrogens is 641 g/mol. The van der Waals surface area contributed by atoms with Crippen molar-refractivity contribution in [2.24, 2.45) is 17.8 Å². The van der Waals surface area contributed by atoms with Crippen molar-refractivity contribution in [1.82, 2.24) is 0 Å². The summed E-state index contributed by atoms with van der Waals surface area (Å²) in [5.41, 5.74) is 16.0. The largest absolute Gasteiger partial charge is 0.458 e. The predicted octanol–water partition coefficient (Wildman–Crippen LogP) is 11.5. The fraction of sp³-hybridized carbons (Fsp3) is 0.520. The Balaban J connectivity index is 1.31. The number of ether oxygens (including phenoxy) is 1. The molecule has 274 valence electrons. The number of nitrogens with zero attached hydrogens (tertiary/aromatic N) is 1. The van der Waals surface area contributed by atoms with Gasteiger partial charge in [-0.3, -0.25) is 0 Å². The fourth-order valence-electron chi connectivity index (χ4n) is 12.4. The van der Waals surface area contributed by atoms with Gasteiger partial charge in [0, 0.05) is 17.1 Å². The summed E-state index contributed by atoms with van der Waals surface area (Å²) < 4.78 is 7.14. The number of hydrogen-bond donors (Lipinski definition) is 0. The summed E-state index contributed by atoms with van der Waals surface area (Å²) in [7, 11) is 0. The van der Waals surface area contributed by atoms with Gasteiger partial charge in [0.25, 0.3) is 6.71 Å². The highest BCUT2D eigenvalue weighted by Gasteiger charge is 2.53. The van der Waals surface area contributed by atoms with Crippen LogP contribution in [-0.4, -0.2) is 6.71 Å². The van der Waals surface area contributed by atoms with Gasteiger partial charge in [-0.25, -0.2) is 0 Å². The normalized spacial score (nSPS) is 27.1. The first-order chi connectivity index (χ1) is 24.9. The molecule has 0 saturated heterocycles. The smallest absolute Gasteiger partial charge is 0.256 e. The first kappa shape index (κ1) is 34.1. The Kier molecular flexibility index (Phi) is 6.98. The first-order valence-electron chi connectivity index (χ1n) is 21.0. The average molecular weight is 702 g/mol. The molecule has 0 spiro atoms. The monoisotopic (exact) mass is 701 g/mol. The van der Waals surface area contributed by atoms with Crippen molar-refractivity contribution in [2.45, 2.75) is 148 Å². The van der Waals surface area contributed by atoms with Crippen molar-refractivity contribution in [3.63, 3.8) is 0 Å². The van der Waals surface area contributed by atoms with Crippen molar-refractivity contribution in [3.05, 3.63) is 94.5 Å². The molecular formula is C50H60BNO. The van der Waals surface area contributed by atoms with E-state index >= 15 is 0 Å². The van der Waals surface area contributed by atoms with Gasteiger partial charge in [0.2, 0.25) is 0 Å². The molecule has 4 saturated carbocycles. The minimum atomic E-state index is 0.0154. The molecule has 0 aromatic heterocycles. The number of hydrogen-bond acceptors (Lipinski definition) is 2. The molecule has 0 amide bonds. The molecule has 2 nitrogen and oxygen atoms in total. The second kappa shape index (κ2) is 10.9. The Morgan fingerprint density at radius 1 is 0.623 bits per heavy atom. The Hall–Kier alpha value is -3.46. The molecule has 11 rings (SSSR count). The number of para-hydroxylation sites is 1. The van der Waals surface area contributed by atoms with Gasteiger partial charge in [-0.05, 0) is 177 Å². The molecule has 2 heterocycles. The van der Waals surface area contributed by atoms with Crippen LogP contribution in [0.2, 0.25) is 0 Å². The molecule has 4 fully saturated rings. The highest BCUT2D eigenvalue weighted by molar-refractivity contribution is 6.99. The van der Waals surface area contributed by atoms with Gasteiger partial charge in [0.05, 0.1) is 0 Å². The number of rotatable bonds is 2. The zero-order chi connectivity index (χ0) is 37.0. The van der Waals surface area contributed by atoms with E-state index in [2.05, 4.69) is 141 Å². The number of anilines is 3. The lowest BCUT2D eigenvalue weighted by molar-refractivity contribution is -0.00522. The van der Waals surface area contributed by atoms with E-state index < -0.39 is 0 Å². The summed E-state index contributed by atoms with van der Waals surface area (Å²) in [5.74, 6) is 4.77. The van der Waals surface area contributed by atoms with E-state index in [9.17, 15) is 0 Å². The molecule has 4 aromatic carbocycles. The van der Waals surface area contributed by atoms with Crippen molar-refractivity contribution >= 4 is 40.2 Å². The maximum Gasteiger partial charge on any atom is 0.256 e. The van der Waals surface area contributed by atoms with E-state index in [1.54, 1.807) is 5.56 Å². The number of fused-ring (bicyclic) bond motifs is 5. The Labute approximate surface area is 320 Å². The Morgan fingerprint density at radius 3 is 1.77 bits per heavy atom. The van der Waals surface area contributed by atoms with E-state index in [-0.39, 0.29) is 33.8 Å². The van der Waals surface area contributed by atoms with Gasteiger partial charge in [-0.15, -0.1) is 0 Å². The van der Waals surface area contributed by atoms with Crippen LogP contribution in [0.5, 0.6) is 11.5 Å². The summed E-state index contributed by atoms with van der Waals surface area (Å²) >= 11 is 0. The van der Waals surface area contributed by atoms with E-state index in [0.717, 1.165) is 29.3 Å². The molecule has 0 radical (unpaired) electrons. The lowest BCUT2D eigenvalue weighted by Gasteiger charge is -2.57. The van der Waals surface area contributed by atoms with E-state index in [0.29, 0.717) is 0 Å². The van der Waals surface area contributed by atoms with Crippen LogP contribution in [0.1, 0.15) is 148 Å². The Morgan fingerprint density at radius 2 is 1.19 bits per heavy atom. The van der Waals surface area contributed by atoms with Crippen LogP contribution < -0.4 is 26.0 Å². The molecule has 0 N–H and O–H groups in total. The van der Waals surface area contributed by atoms with Gasteiger partial charge >= 0.3 is 0 Å². The molecule has 5 aliphatic carbocycles. The molecule has 7 aliphatic rings. The van der Waals surface area contributed by atoms with Crippen LogP contribution >= 0.6 is 0 Å². The van der Waals surface area contributed by atoms with Gasteiger partial charge < -0.3 is 9.64 Å². The van der Waals surface area contributed by atoms with Crippen molar-refractivity contribution in [3.8, 4) is 11.5 Å². The summed E-state index contributed by atoms with van der Waals surface area (Å²) in [6.45, 7) is 24.3. The van der Waals surface area contributed by atoms with Crippen LogP contribution in [0.4, 0.5) is 17.1 Å². The minimum Gasteiger partial charge on any atom is -0.458 e. The molecule has 0 atom stereocenters. The second-order valence-corrected chi connectivity index (χ2v) is 22.0. The third kappa shape index (κ3) is 5.10. The molecule has 3 heteroatoms. The van der Waals surface area contributed by atoms with Crippen molar-refractivity contribution in [2.75, 3.05) is 4.90 Å². The van der Waals surface area contributed by atoms with Crippen LogP contribution in [0, 0.1) is 17.8 Å². The standard InChI is InChI=1S/C50H60BNO/c1-46(2,3)33-20-34(47(4,5)6)22-36(21-33)52-41-26-38-37(48(7,8)15-16-49(38,9)10)25-40(41)51-39-13-11-12-14-43(39)53-44-24-35(23-42(52)45(44)51)50-27-30-17-31(28-50)19-32(18-30)29-50/h11-14,20-26,30-32H,15-19,27-29H2,1-10H3. The highest BCUT2D eigenvalue weighted by Crippen LogP contribution is 2.62. The Bertz CT molecular complexity index is 2120. The number of benzene rings is 4. The van der Waals surface area contributed by atoms with Gasteiger partial charge in [-0.1, -0.05) is 99.6 Å². The fourth-order valence-corrected chi connectivity index (χ4v) is 12.4. The van der Waals surface area contributed by atoms with Crippen molar-refractivity contribution < 1.29 is 4.74 Å². The summed E-state index contributed by atoms with van der Waals surface area (Å²) in [6.07, 6.45) is 10.8. The van der Waals surface area contributed by atoms with E-state index in [4.69, 9.17) is 4.74 Å². The maximum absolute atomic E-state index is 7.14. The lowest BCUT2D eigenvalue weighted by Crippen LogP contribution is -2.60. The summed E-state index contributed by atoms with van der Waals surface area (Å²) in [6, 6.07) is 27.0. The third-order valence-corrected chi connectivity index (χ3v) is 15.2. The SMILES string of the molecule is CC(C)(C)c1cc(N2c3cc4c(cc3B3c5ccccc5Oc5cc(C67CC8CC(CC(C8)C6)C7)cc2c53)C(C)(C)CCC4(C)C)cc(C(C)(C)C)c1. The van der Waals surface area contributed by atoms with Crippen LogP contribution in [-0.2, 0) is 27.1 Å². The quantitative estimate of drug-likeness (QED) is 0.167. The van der Waals surface area contributed by atoms with E-state index in [1.807, 2.05) is 0 Å². The van der Waals surface area contributed by atoms with Crippen molar-refractivity contribution in [1.29, 1.82) is 0 Å². The highest BCUT2D eigenvalue weighted by atomic mass is 16.5.